The number of hydrogen-bond donors (Lipinski definition) is 2. The Morgan fingerprint density at radius 1 is 1.00 bits per heavy atom. The minimum Gasteiger partial charge on any atom is -0.422 e. The van der Waals surface area contributed by atoms with Gasteiger partial charge in [-0.15, -0.1) is 0 Å². The van der Waals surface area contributed by atoms with E-state index in [1.807, 2.05) is 53.7 Å². The van der Waals surface area contributed by atoms with Crippen molar-refractivity contribution < 1.29 is 24.2 Å². The van der Waals surface area contributed by atoms with Crippen LogP contribution in [-0.4, -0.2) is 29.1 Å². The number of carbonyl (C=O) groups is 2. The van der Waals surface area contributed by atoms with Crippen LogP contribution in [0.15, 0.2) is 42.5 Å². The van der Waals surface area contributed by atoms with Crippen molar-refractivity contribution in [2.45, 2.75) is 59.6 Å². The molecule has 0 saturated carbocycles. The average molecular weight is 428 g/mol. The molecule has 0 bridgehead atoms. The largest absolute Gasteiger partial charge is 0.422 e. The highest BCUT2D eigenvalue weighted by molar-refractivity contribution is 5.91. The topological polar surface area (TPSA) is 84.9 Å². The Kier molecular flexibility index (Phi) is 8.36. The van der Waals surface area contributed by atoms with Gasteiger partial charge in [0, 0.05) is 18.5 Å². The van der Waals surface area contributed by atoms with Crippen LogP contribution in [0.3, 0.4) is 0 Å². The first-order valence-electron chi connectivity index (χ1n) is 10.5. The molecule has 0 fully saturated rings. The molecule has 2 N–H and O–H groups in total. The second-order valence-corrected chi connectivity index (χ2v) is 9.18. The van der Waals surface area contributed by atoms with Crippen molar-refractivity contribution in [3.8, 4) is 11.5 Å². The molecule has 0 heterocycles. The quantitative estimate of drug-likeness (QED) is 0.474. The number of carbonyl (C=O) groups excluding carboxylic acids is 2. The SMILES string of the molecule is Cc1ccc(C(=O)Oc2ccc(C(O)CNC(C)(C)C)cc2OC(=O)CC(C)C)cc1. The highest BCUT2D eigenvalue weighted by Crippen LogP contribution is 2.32. The Labute approximate surface area is 184 Å². The second-order valence-electron chi connectivity index (χ2n) is 9.18. The smallest absolute Gasteiger partial charge is 0.343 e. The maximum absolute atomic E-state index is 12.6. The number of nitrogens with one attached hydrogen (secondary N) is 1. The van der Waals surface area contributed by atoms with Crippen LogP contribution in [0.5, 0.6) is 11.5 Å². The lowest BCUT2D eigenvalue weighted by molar-refractivity contribution is -0.135. The number of ether oxygens (including phenoxy) is 2. The highest BCUT2D eigenvalue weighted by Gasteiger charge is 2.20. The number of benzene rings is 2. The Hall–Kier alpha value is -2.70. The molecule has 0 aromatic heterocycles. The molecule has 0 aliphatic heterocycles. The standard InChI is InChI=1S/C25H33NO5/c1-16(2)13-23(28)30-22-14-19(20(27)15-26-25(4,5)6)11-12-21(22)31-24(29)18-9-7-17(3)8-10-18/h7-12,14,16,20,26-27H,13,15H2,1-6H3. The normalized spacial score (nSPS) is 12.5. The first-order valence-corrected chi connectivity index (χ1v) is 10.5. The maximum atomic E-state index is 12.6. The van der Waals surface area contributed by atoms with Crippen molar-refractivity contribution in [1.82, 2.24) is 5.32 Å². The summed E-state index contributed by atoms with van der Waals surface area (Å²) in [7, 11) is 0. The molecule has 1 atom stereocenters. The van der Waals surface area contributed by atoms with E-state index >= 15 is 0 Å². The van der Waals surface area contributed by atoms with E-state index in [0.717, 1.165) is 5.56 Å². The van der Waals surface area contributed by atoms with Crippen molar-refractivity contribution in [3.05, 3.63) is 59.2 Å². The predicted molar refractivity (Wildman–Crippen MR) is 120 cm³/mol. The van der Waals surface area contributed by atoms with Gasteiger partial charge in [0.25, 0.3) is 0 Å². The molecular weight excluding hydrogens is 394 g/mol. The number of aliphatic hydroxyl groups excluding tert-OH is 1. The van der Waals surface area contributed by atoms with Crippen LogP contribution in [-0.2, 0) is 4.79 Å². The molecule has 168 valence electrons. The molecule has 0 saturated heterocycles. The summed E-state index contributed by atoms with van der Waals surface area (Å²) in [6, 6.07) is 11.7. The van der Waals surface area contributed by atoms with E-state index in [-0.39, 0.29) is 29.4 Å². The fourth-order valence-electron chi connectivity index (χ4n) is 2.76. The van der Waals surface area contributed by atoms with Crippen molar-refractivity contribution in [2.24, 2.45) is 5.92 Å². The van der Waals surface area contributed by atoms with E-state index in [1.165, 1.54) is 0 Å². The number of esters is 2. The van der Waals surface area contributed by atoms with Crippen molar-refractivity contribution in [3.63, 3.8) is 0 Å². The molecule has 2 rings (SSSR count). The van der Waals surface area contributed by atoms with Crippen LogP contribution < -0.4 is 14.8 Å². The van der Waals surface area contributed by atoms with Gasteiger partial charge in [0.2, 0.25) is 0 Å². The molecule has 2 aromatic carbocycles. The Morgan fingerprint density at radius 2 is 1.65 bits per heavy atom. The Bertz CT molecular complexity index is 897. The van der Waals surface area contributed by atoms with Gasteiger partial charge in [0.15, 0.2) is 11.5 Å². The van der Waals surface area contributed by atoms with E-state index in [4.69, 9.17) is 9.47 Å². The Balaban J connectivity index is 2.27. The number of rotatable bonds is 8. The number of aliphatic hydroxyl groups is 1. The van der Waals surface area contributed by atoms with Gasteiger partial charge in [-0.2, -0.15) is 0 Å². The van der Waals surface area contributed by atoms with Gasteiger partial charge in [-0.1, -0.05) is 37.6 Å². The molecule has 31 heavy (non-hydrogen) atoms. The summed E-state index contributed by atoms with van der Waals surface area (Å²) >= 11 is 0. The Morgan fingerprint density at radius 3 is 2.23 bits per heavy atom. The minimum atomic E-state index is -0.816. The van der Waals surface area contributed by atoms with E-state index in [9.17, 15) is 14.7 Å². The van der Waals surface area contributed by atoms with Gasteiger partial charge < -0.3 is 19.9 Å². The summed E-state index contributed by atoms with van der Waals surface area (Å²) in [5.41, 5.74) is 1.82. The zero-order valence-electron chi connectivity index (χ0n) is 19.2. The van der Waals surface area contributed by atoms with E-state index in [1.54, 1.807) is 30.3 Å². The third-order valence-electron chi connectivity index (χ3n) is 4.47. The lowest BCUT2D eigenvalue weighted by atomic mass is 10.1. The molecule has 2 aromatic rings. The monoisotopic (exact) mass is 427 g/mol. The van der Waals surface area contributed by atoms with Crippen LogP contribution in [0, 0.1) is 12.8 Å². The summed E-state index contributed by atoms with van der Waals surface area (Å²) in [6.45, 7) is 12.1. The first-order chi connectivity index (χ1) is 14.4. The molecule has 6 nitrogen and oxygen atoms in total. The van der Waals surface area contributed by atoms with E-state index in [0.29, 0.717) is 17.7 Å². The summed E-state index contributed by atoms with van der Waals surface area (Å²) in [5, 5.41) is 13.8. The molecule has 0 aliphatic rings. The summed E-state index contributed by atoms with van der Waals surface area (Å²) in [5.74, 6) is -0.623. The molecule has 6 heteroatoms. The van der Waals surface area contributed by atoms with E-state index in [2.05, 4.69) is 5.32 Å². The molecule has 0 spiro atoms. The van der Waals surface area contributed by atoms with Crippen molar-refractivity contribution >= 4 is 11.9 Å². The zero-order chi connectivity index (χ0) is 23.2. The maximum Gasteiger partial charge on any atom is 0.343 e. The third-order valence-corrected chi connectivity index (χ3v) is 4.47. The molecule has 0 radical (unpaired) electrons. The van der Waals surface area contributed by atoms with Gasteiger partial charge in [-0.3, -0.25) is 4.79 Å². The lowest BCUT2D eigenvalue weighted by Gasteiger charge is -2.23. The summed E-state index contributed by atoms with van der Waals surface area (Å²) in [6.07, 6.45) is -0.590. The average Bonchev–Trinajstić information content (AvgIpc) is 2.66. The molecular formula is C25H33NO5. The van der Waals surface area contributed by atoms with Crippen LogP contribution in [0.1, 0.15) is 68.6 Å². The fraction of sp³-hybridized carbons (Fsp3) is 0.440. The zero-order valence-corrected chi connectivity index (χ0v) is 19.2. The van der Waals surface area contributed by atoms with Crippen LogP contribution in [0.2, 0.25) is 0 Å². The van der Waals surface area contributed by atoms with Crippen LogP contribution in [0.4, 0.5) is 0 Å². The summed E-state index contributed by atoms with van der Waals surface area (Å²) < 4.78 is 11.0. The number of hydrogen-bond acceptors (Lipinski definition) is 6. The molecule has 0 amide bonds. The lowest BCUT2D eigenvalue weighted by Crippen LogP contribution is -2.38. The van der Waals surface area contributed by atoms with E-state index < -0.39 is 18.0 Å². The highest BCUT2D eigenvalue weighted by atomic mass is 16.6. The minimum absolute atomic E-state index is 0.110. The fourth-order valence-corrected chi connectivity index (χ4v) is 2.76. The third kappa shape index (κ3) is 8.15. The summed E-state index contributed by atoms with van der Waals surface area (Å²) in [4.78, 5) is 24.8. The van der Waals surface area contributed by atoms with Gasteiger partial charge in [-0.05, 0) is 63.4 Å². The van der Waals surface area contributed by atoms with Crippen LogP contribution in [0.25, 0.3) is 0 Å². The predicted octanol–water partition coefficient (Wildman–Crippen LogP) is 4.59. The second kappa shape index (κ2) is 10.6. The van der Waals surface area contributed by atoms with Crippen LogP contribution >= 0.6 is 0 Å². The molecule has 1 unspecified atom stereocenters. The number of β-amino-alcohol motifs (C(OH)–C–C–N with tert-alkyl or cyclic N) is 1. The van der Waals surface area contributed by atoms with Crippen molar-refractivity contribution in [2.75, 3.05) is 6.54 Å². The first kappa shape index (κ1) is 24.6. The van der Waals surface area contributed by atoms with Crippen molar-refractivity contribution in [1.29, 1.82) is 0 Å². The molecule has 0 aliphatic carbocycles. The van der Waals surface area contributed by atoms with Gasteiger partial charge in [0.1, 0.15) is 0 Å². The van der Waals surface area contributed by atoms with Gasteiger partial charge in [-0.25, -0.2) is 4.79 Å². The van der Waals surface area contributed by atoms with Gasteiger partial charge >= 0.3 is 11.9 Å². The van der Waals surface area contributed by atoms with Gasteiger partial charge in [0.05, 0.1) is 11.7 Å². The number of aryl methyl sites for hydroxylation is 1.